The molecule has 2 aliphatic heterocycles. The number of hydrogen-bond acceptors (Lipinski definition) is 5. The smallest absolute Gasteiger partial charge is 0.215 e. The van der Waals surface area contributed by atoms with Crippen LogP contribution in [0.4, 0.5) is 0 Å². The Kier molecular flexibility index (Phi) is 3.48. The average molecular weight is 341 g/mol. The van der Waals surface area contributed by atoms with Crippen LogP contribution in [0.25, 0.3) is 0 Å². The minimum absolute atomic E-state index is 0.0164. The Morgan fingerprint density at radius 2 is 2.04 bits per heavy atom. The molecule has 4 aliphatic rings. The van der Waals surface area contributed by atoms with E-state index in [1.807, 2.05) is 0 Å². The molecule has 2 aliphatic carbocycles. The largest absolute Gasteiger partial charge is 0.299 e. The average Bonchev–Trinajstić information content (AvgIpc) is 3.08. The fourth-order valence-electron chi connectivity index (χ4n) is 5.42. The Bertz CT molecular complexity index is 632. The topological polar surface area (TPSA) is 69.7 Å². The lowest BCUT2D eigenvalue weighted by Gasteiger charge is -2.40. The Balaban J connectivity index is 1.57. The maximum absolute atomic E-state index is 13.1. The molecule has 23 heavy (non-hydrogen) atoms. The van der Waals surface area contributed by atoms with Crippen LogP contribution < -0.4 is 5.43 Å². The number of carbonyl (C=O) groups is 1. The summed E-state index contributed by atoms with van der Waals surface area (Å²) in [5.74, 6) is 0.562. The molecule has 4 fully saturated rings. The lowest BCUT2D eigenvalue weighted by molar-refractivity contribution is -0.128. The van der Waals surface area contributed by atoms with Crippen LogP contribution in [0.3, 0.4) is 0 Å². The van der Waals surface area contributed by atoms with Gasteiger partial charge < -0.3 is 0 Å². The first-order chi connectivity index (χ1) is 10.8. The Labute approximate surface area is 138 Å². The lowest BCUT2D eigenvalue weighted by Crippen LogP contribution is -2.56. The van der Waals surface area contributed by atoms with Gasteiger partial charge in [0, 0.05) is 44.1 Å². The first kappa shape index (κ1) is 16.0. The molecule has 2 bridgehead atoms. The van der Waals surface area contributed by atoms with Crippen molar-refractivity contribution in [3.63, 3.8) is 0 Å². The van der Waals surface area contributed by atoms with Crippen LogP contribution in [-0.2, 0) is 14.8 Å². The predicted molar refractivity (Wildman–Crippen MR) is 87.0 cm³/mol. The molecular weight excluding hydrogens is 314 g/mol. The van der Waals surface area contributed by atoms with Crippen molar-refractivity contribution in [2.75, 3.05) is 31.9 Å². The van der Waals surface area contributed by atoms with E-state index in [4.69, 9.17) is 0 Å². The number of sulfonamides is 1. The highest BCUT2D eigenvalue weighted by atomic mass is 32.2. The third kappa shape index (κ3) is 2.16. The van der Waals surface area contributed by atoms with Crippen molar-refractivity contribution >= 4 is 15.8 Å². The van der Waals surface area contributed by atoms with E-state index in [1.165, 1.54) is 0 Å². The SMILES string of the molecule is CC1(C)C2CCC1(CS(=O)(=O)N1CCN3NCCC3C1)C(=O)C2. The number of rotatable bonds is 3. The summed E-state index contributed by atoms with van der Waals surface area (Å²) in [6, 6.07) is 0.277. The van der Waals surface area contributed by atoms with Crippen LogP contribution in [0, 0.1) is 16.7 Å². The van der Waals surface area contributed by atoms with Gasteiger partial charge in [0.25, 0.3) is 0 Å². The van der Waals surface area contributed by atoms with Gasteiger partial charge in [-0.05, 0) is 30.6 Å². The van der Waals surface area contributed by atoms with Crippen molar-refractivity contribution in [1.82, 2.24) is 14.7 Å². The molecule has 130 valence electrons. The first-order valence-electron chi connectivity index (χ1n) is 8.78. The molecular formula is C16H27N3O3S. The van der Waals surface area contributed by atoms with Crippen molar-refractivity contribution in [3.8, 4) is 0 Å². The molecule has 0 spiro atoms. The number of nitrogens with zero attached hydrogens (tertiary/aromatic N) is 2. The monoisotopic (exact) mass is 341 g/mol. The van der Waals surface area contributed by atoms with Gasteiger partial charge >= 0.3 is 0 Å². The zero-order valence-corrected chi connectivity index (χ0v) is 14.9. The van der Waals surface area contributed by atoms with Gasteiger partial charge in [0.15, 0.2) is 0 Å². The van der Waals surface area contributed by atoms with Crippen molar-refractivity contribution < 1.29 is 13.2 Å². The fourth-order valence-corrected chi connectivity index (χ4v) is 7.66. The molecule has 0 amide bonds. The third-order valence-corrected chi connectivity index (χ3v) is 9.18. The summed E-state index contributed by atoms with van der Waals surface area (Å²) in [6.07, 6.45) is 3.30. The molecule has 0 radical (unpaired) electrons. The Hall–Kier alpha value is -0.500. The zero-order chi connectivity index (χ0) is 16.5. The number of Topliss-reactive ketones (excluding diaryl/α,β-unsaturated/α-hetero) is 1. The van der Waals surface area contributed by atoms with Gasteiger partial charge in [0.05, 0.1) is 5.75 Å². The Morgan fingerprint density at radius 3 is 2.70 bits per heavy atom. The first-order valence-corrected chi connectivity index (χ1v) is 10.4. The second kappa shape index (κ2) is 5.00. The third-order valence-electron chi connectivity index (χ3n) is 7.20. The molecule has 1 N–H and O–H groups in total. The summed E-state index contributed by atoms with van der Waals surface area (Å²) in [5, 5.41) is 2.17. The lowest BCUT2D eigenvalue weighted by atomic mass is 9.70. The van der Waals surface area contributed by atoms with E-state index in [1.54, 1.807) is 4.31 Å². The van der Waals surface area contributed by atoms with Crippen molar-refractivity contribution in [2.45, 2.75) is 45.6 Å². The van der Waals surface area contributed by atoms with E-state index in [0.29, 0.717) is 25.4 Å². The number of hydrazine groups is 1. The minimum atomic E-state index is -3.40. The van der Waals surface area contributed by atoms with Crippen molar-refractivity contribution in [2.24, 2.45) is 16.7 Å². The second-order valence-corrected chi connectivity index (χ2v) is 10.3. The summed E-state index contributed by atoms with van der Waals surface area (Å²) in [4.78, 5) is 12.6. The number of nitrogens with one attached hydrogen (secondary N) is 1. The molecule has 3 unspecified atom stereocenters. The number of carbonyl (C=O) groups excluding carboxylic acids is 1. The van der Waals surface area contributed by atoms with Gasteiger partial charge in [-0.1, -0.05) is 13.8 Å². The van der Waals surface area contributed by atoms with E-state index in [2.05, 4.69) is 24.3 Å². The predicted octanol–water partition coefficient (Wildman–Crippen LogP) is 0.606. The normalized spacial score (nSPS) is 40.7. The molecule has 0 aromatic rings. The molecule has 0 aromatic carbocycles. The molecule has 2 heterocycles. The second-order valence-electron chi connectivity index (χ2n) is 8.32. The molecule has 7 heteroatoms. The summed E-state index contributed by atoms with van der Waals surface area (Å²) >= 11 is 0. The minimum Gasteiger partial charge on any atom is -0.299 e. The highest BCUT2D eigenvalue weighted by Crippen LogP contribution is 2.64. The molecule has 2 saturated heterocycles. The van der Waals surface area contributed by atoms with Crippen molar-refractivity contribution in [1.29, 1.82) is 0 Å². The maximum Gasteiger partial charge on any atom is 0.215 e. The quantitative estimate of drug-likeness (QED) is 0.814. The molecule has 3 atom stereocenters. The highest BCUT2D eigenvalue weighted by Gasteiger charge is 2.65. The van der Waals surface area contributed by atoms with E-state index in [9.17, 15) is 13.2 Å². The van der Waals surface area contributed by atoms with Gasteiger partial charge in [0.2, 0.25) is 10.0 Å². The molecule has 2 saturated carbocycles. The highest BCUT2D eigenvalue weighted by molar-refractivity contribution is 7.89. The maximum atomic E-state index is 13.1. The van der Waals surface area contributed by atoms with Gasteiger partial charge in [-0.3, -0.25) is 10.2 Å². The van der Waals surface area contributed by atoms with Crippen LogP contribution in [-0.4, -0.2) is 61.5 Å². The van der Waals surface area contributed by atoms with Crippen LogP contribution in [0.15, 0.2) is 0 Å². The number of hydrogen-bond donors (Lipinski definition) is 1. The van der Waals surface area contributed by atoms with Crippen LogP contribution in [0.1, 0.15) is 39.5 Å². The fraction of sp³-hybridized carbons (Fsp3) is 0.938. The van der Waals surface area contributed by atoms with Gasteiger partial charge in [-0.2, -0.15) is 4.31 Å². The van der Waals surface area contributed by atoms with E-state index >= 15 is 0 Å². The molecule has 6 nitrogen and oxygen atoms in total. The summed E-state index contributed by atoms with van der Waals surface area (Å²) in [5.41, 5.74) is 2.47. The Morgan fingerprint density at radius 1 is 1.26 bits per heavy atom. The molecule has 4 rings (SSSR count). The van der Waals surface area contributed by atoms with E-state index in [0.717, 1.165) is 32.4 Å². The van der Waals surface area contributed by atoms with Gasteiger partial charge in [-0.25, -0.2) is 13.4 Å². The summed E-state index contributed by atoms with van der Waals surface area (Å²) in [6.45, 7) is 6.95. The summed E-state index contributed by atoms with van der Waals surface area (Å²) in [7, 11) is -3.40. The number of piperazine rings is 1. The van der Waals surface area contributed by atoms with Crippen LogP contribution in [0.2, 0.25) is 0 Å². The number of ketones is 1. The zero-order valence-electron chi connectivity index (χ0n) is 14.0. The van der Waals surface area contributed by atoms with Crippen LogP contribution >= 0.6 is 0 Å². The van der Waals surface area contributed by atoms with Crippen LogP contribution in [0.5, 0.6) is 0 Å². The van der Waals surface area contributed by atoms with E-state index < -0.39 is 15.4 Å². The number of fused-ring (bicyclic) bond motifs is 3. The van der Waals surface area contributed by atoms with Gasteiger partial charge in [0.1, 0.15) is 5.78 Å². The van der Waals surface area contributed by atoms with Crippen molar-refractivity contribution in [3.05, 3.63) is 0 Å². The standard InChI is InChI=1S/C16H27N3O3S/c1-15(2)12-3-5-16(15,14(20)9-12)11-23(21,22)18-7-8-19-13(10-18)4-6-17-19/h12-13,17H,3-11H2,1-2H3. The molecule has 0 aromatic heterocycles. The van der Waals surface area contributed by atoms with E-state index in [-0.39, 0.29) is 23.0 Å². The van der Waals surface area contributed by atoms with Gasteiger partial charge in [-0.15, -0.1) is 0 Å². The summed E-state index contributed by atoms with van der Waals surface area (Å²) < 4.78 is 27.8.